The summed E-state index contributed by atoms with van der Waals surface area (Å²) in [6, 6.07) is 9.99. The lowest BCUT2D eigenvalue weighted by atomic mass is 9.60. The number of hydrogen-bond acceptors (Lipinski definition) is 6. The lowest BCUT2D eigenvalue weighted by Crippen LogP contribution is -2.62. The van der Waals surface area contributed by atoms with Gasteiger partial charge in [0.1, 0.15) is 12.2 Å². The van der Waals surface area contributed by atoms with Gasteiger partial charge in [-0.3, -0.25) is 4.79 Å². The summed E-state index contributed by atoms with van der Waals surface area (Å²) in [6.45, 7) is 6.44. The van der Waals surface area contributed by atoms with E-state index < -0.39 is 23.3 Å². The molecule has 1 saturated carbocycles. The molecular formula is C24H32O6. The monoisotopic (exact) mass is 416 g/mol. The Kier molecular flexibility index (Phi) is 4.97. The fraction of sp³-hybridized carbons (Fsp3) is 0.708. The number of esters is 1. The smallest absolute Gasteiger partial charge is 0.306 e. The van der Waals surface area contributed by atoms with Crippen molar-refractivity contribution in [1.29, 1.82) is 0 Å². The Morgan fingerprint density at radius 2 is 1.90 bits per heavy atom. The predicted molar refractivity (Wildman–Crippen MR) is 108 cm³/mol. The zero-order valence-corrected chi connectivity index (χ0v) is 18.1. The number of ether oxygens (including phenoxy) is 3. The van der Waals surface area contributed by atoms with Crippen LogP contribution >= 0.6 is 0 Å². The second-order valence-electron chi connectivity index (χ2n) is 9.93. The van der Waals surface area contributed by atoms with Gasteiger partial charge in [-0.15, -0.1) is 0 Å². The lowest BCUT2D eigenvalue weighted by molar-refractivity contribution is -0.541. The first-order valence-corrected chi connectivity index (χ1v) is 11.3. The zero-order valence-electron chi connectivity index (χ0n) is 18.1. The Hall–Kier alpha value is -1.47. The minimum Gasteiger partial charge on any atom is -0.463 e. The summed E-state index contributed by atoms with van der Waals surface area (Å²) in [6.07, 6.45) is 4.35. The summed E-state index contributed by atoms with van der Waals surface area (Å²) < 4.78 is 18.5. The average molecular weight is 417 g/mol. The molecule has 164 valence electrons. The van der Waals surface area contributed by atoms with Crippen molar-refractivity contribution in [3.8, 4) is 0 Å². The quantitative estimate of drug-likeness (QED) is 0.530. The number of hydrogen-bond donors (Lipinski definition) is 0. The van der Waals surface area contributed by atoms with E-state index in [-0.39, 0.29) is 18.5 Å². The number of fused-ring (bicyclic) bond motifs is 2. The van der Waals surface area contributed by atoms with Crippen LogP contribution in [0.15, 0.2) is 30.3 Å². The van der Waals surface area contributed by atoms with Gasteiger partial charge in [0.2, 0.25) is 5.79 Å². The molecule has 2 bridgehead atoms. The minimum atomic E-state index is -0.783. The summed E-state index contributed by atoms with van der Waals surface area (Å²) in [7, 11) is 0. The number of carbonyl (C=O) groups is 1. The predicted octanol–water partition coefficient (Wildman–Crippen LogP) is 4.17. The van der Waals surface area contributed by atoms with E-state index in [0.29, 0.717) is 24.7 Å². The molecule has 5 fully saturated rings. The second-order valence-corrected chi connectivity index (χ2v) is 9.93. The van der Waals surface area contributed by atoms with Crippen LogP contribution in [-0.2, 0) is 35.2 Å². The van der Waals surface area contributed by atoms with Gasteiger partial charge < -0.3 is 14.2 Å². The van der Waals surface area contributed by atoms with E-state index in [1.807, 2.05) is 44.2 Å². The standard InChI is InChI=1S/C24H32O6/c1-16-9-11-19-22(2,15-26-20(25)12-10-17-7-5-4-6-8-17)27-21-24(19)18(16)13-14-23(3,28-21)29-30-24/h4-8,16,18-19,21H,9-15H2,1-3H3/t16-,18+,19+,21-,22?,23-,24-/m1/s1. The SMILES string of the molecule is C[C@@H]1CC[C@H]2C(C)(COC(=O)CCc3ccccc3)O[C@@H]3O[C@@]4(C)CC[C@@H]1[C@]32OO4. The molecule has 1 spiro atoms. The summed E-state index contributed by atoms with van der Waals surface area (Å²) in [5.41, 5.74) is -0.150. The highest BCUT2D eigenvalue weighted by molar-refractivity contribution is 5.69. The first-order chi connectivity index (χ1) is 14.3. The molecule has 4 saturated heterocycles. The molecule has 4 aliphatic heterocycles. The van der Waals surface area contributed by atoms with Crippen LogP contribution in [0.3, 0.4) is 0 Å². The maximum atomic E-state index is 12.5. The Labute approximate surface area is 178 Å². The molecule has 1 unspecified atom stereocenters. The topological polar surface area (TPSA) is 63.2 Å². The van der Waals surface area contributed by atoms with E-state index in [2.05, 4.69) is 6.92 Å². The highest BCUT2D eigenvalue weighted by Crippen LogP contribution is 2.63. The Morgan fingerprint density at radius 1 is 1.10 bits per heavy atom. The molecule has 4 heterocycles. The van der Waals surface area contributed by atoms with Crippen LogP contribution in [0.4, 0.5) is 0 Å². The van der Waals surface area contributed by atoms with Crippen molar-refractivity contribution < 1.29 is 28.8 Å². The molecule has 1 aromatic rings. The van der Waals surface area contributed by atoms with Gasteiger partial charge in [-0.05, 0) is 56.9 Å². The fourth-order valence-electron chi connectivity index (χ4n) is 6.13. The van der Waals surface area contributed by atoms with E-state index in [9.17, 15) is 4.79 Å². The van der Waals surface area contributed by atoms with Gasteiger partial charge in [0.25, 0.3) is 0 Å². The molecule has 0 amide bonds. The van der Waals surface area contributed by atoms with Gasteiger partial charge in [-0.1, -0.05) is 37.3 Å². The number of rotatable bonds is 5. The van der Waals surface area contributed by atoms with E-state index in [4.69, 9.17) is 24.0 Å². The third kappa shape index (κ3) is 3.20. The summed E-state index contributed by atoms with van der Waals surface area (Å²) in [5, 5.41) is 0. The number of benzene rings is 1. The molecule has 6 nitrogen and oxygen atoms in total. The Bertz CT molecular complexity index is 798. The van der Waals surface area contributed by atoms with Crippen molar-refractivity contribution in [3.63, 3.8) is 0 Å². The number of carbonyl (C=O) groups excluding carboxylic acids is 1. The molecule has 6 heteroatoms. The maximum Gasteiger partial charge on any atom is 0.306 e. The zero-order chi connectivity index (χ0) is 21.0. The highest BCUT2D eigenvalue weighted by atomic mass is 17.3. The molecule has 0 aromatic heterocycles. The molecule has 1 aromatic carbocycles. The molecule has 1 aliphatic carbocycles. The van der Waals surface area contributed by atoms with Crippen LogP contribution in [0.25, 0.3) is 0 Å². The first kappa shape index (κ1) is 20.4. The normalized spacial score (nSPS) is 44.4. The van der Waals surface area contributed by atoms with Crippen LogP contribution in [0, 0.1) is 17.8 Å². The number of aryl methyl sites for hydroxylation is 1. The van der Waals surface area contributed by atoms with E-state index >= 15 is 0 Å². The molecule has 5 aliphatic rings. The average Bonchev–Trinajstić information content (AvgIpc) is 2.82. The van der Waals surface area contributed by atoms with Crippen LogP contribution < -0.4 is 0 Å². The Balaban J connectivity index is 1.30. The lowest BCUT2D eigenvalue weighted by Gasteiger charge is -2.50. The van der Waals surface area contributed by atoms with E-state index in [0.717, 1.165) is 31.2 Å². The molecule has 0 N–H and O–H groups in total. The van der Waals surface area contributed by atoms with Crippen LogP contribution in [0.1, 0.15) is 58.4 Å². The maximum absolute atomic E-state index is 12.5. The molecule has 0 radical (unpaired) electrons. The second kappa shape index (κ2) is 7.30. The largest absolute Gasteiger partial charge is 0.463 e. The molecule has 30 heavy (non-hydrogen) atoms. The summed E-state index contributed by atoms with van der Waals surface area (Å²) >= 11 is 0. The van der Waals surface area contributed by atoms with Crippen molar-refractivity contribution in [2.45, 2.75) is 82.6 Å². The van der Waals surface area contributed by atoms with E-state index in [1.165, 1.54) is 0 Å². The third-order valence-electron chi connectivity index (χ3n) is 7.81. The van der Waals surface area contributed by atoms with Gasteiger partial charge in [-0.25, -0.2) is 9.78 Å². The van der Waals surface area contributed by atoms with E-state index in [1.54, 1.807) is 0 Å². The van der Waals surface area contributed by atoms with Gasteiger partial charge in [0.05, 0.1) is 0 Å². The third-order valence-corrected chi connectivity index (χ3v) is 7.81. The van der Waals surface area contributed by atoms with Gasteiger partial charge >= 0.3 is 5.97 Å². The summed E-state index contributed by atoms with van der Waals surface area (Å²) in [4.78, 5) is 24.4. The Morgan fingerprint density at radius 3 is 2.70 bits per heavy atom. The van der Waals surface area contributed by atoms with Crippen molar-refractivity contribution in [1.82, 2.24) is 0 Å². The molecule has 6 rings (SSSR count). The summed E-state index contributed by atoms with van der Waals surface area (Å²) in [5.74, 6) is -0.115. The van der Waals surface area contributed by atoms with Crippen LogP contribution in [0.2, 0.25) is 0 Å². The van der Waals surface area contributed by atoms with Gasteiger partial charge in [0.15, 0.2) is 11.9 Å². The fourth-order valence-corrected chi connectivity index (χ4v) is 6.13. The minimum absolute atomic E-state index is 0.0563. The van der Waals surface area contributed by atoms with Crippen LogP contribution in [-0.4, -0.2) is 35.9 Å². The van der Waals surface area contributed by atoms with Crippen molar-refractivity contribution >= 4 is 5.97 Å². The molecule has 7 atom stereocenters. The first-order valence-electron chi connectivity index (χ1n) is 11.3. The molecular weight excluding hydrogens is 384 g/mol. The van der Waals surface area contributed by atoms with Gasteiger partial charge in [-0.2, -0.15) is 0 Å². The van der Waals surface area contributed by atoms with Crippen molar-refractivity contribution in [2.75, 3.05) is 6.61 Å². The van der Waals surface area contributed by atoms with Gasteiger partial charge in [0, 0.05) is 18.8 Å². The van der Waals surface area contributed by atoms with Crippen molar-refractivity contribution in [2.24, 2.45) is 17.8 Å². The highest BCUT2D eigenvalue weighted by Gasteiger charge is 2.74. The van der Waals surface area contributed by atoms with Crippen LogP contribution in [0.5, 0.6) is 0 Å². The van der Waals surface area contributed by atoms with Crippen molar-refractivity contribution in [3.05, 3.63) is 35.9 Å².